The summed E-state index contributed by atoms with van der Waals surface area (Å²) in [6.45, 7) is 0. The van der Waals surface area contributed by atoms with Gasteiger partial charge in [0.25, 0.3) is 5.91 Å². The summed E-state index contributed by atoms with van der Waals surface area (Å²) in [5.74, 6) is -0.603. The lowest BCUT2D eigenvalue weighted by molar-refractivity contribution is 0.102. The number of fused-ring (bicyclic) bond motifs is 1. The Bertz CT molecular complexity index is 764. The van der Waals surface area contributed by atoms with Crippen molar-refractivity contribution in [2.24, 2.45) is 7.05 Å². The van der Waals surface area contributed by atoms with E-state index in [0.29, 0.717) is 20.9 Å². The molecule has 1 amide bonds. The lowest BCUT2D eigenvalue weighted by Crippen LogP contribution is -2.10. The number of halogens is 1. The summed E-state index contributed by atoms with van der Waals surface area (Å²) in [6, 6.07) is 4.32. The maximum atomic E-state index is 13.1. The zero-order chi connectivity index (χ0) is 13.4. The van der Waals surface area contributed by atoms with Gasteiger partial charge < -0.3 is 0 Å². The predicted octanol–water partition coefficient (Wildman–Crippen LogP) is 2.42. The molecule has 2 aromatic heterocycles. The second-order valence-corrected chi connectivity index (χ2v) is 5.02. The van der Waals surface area contributed by atoms with Crippen molar-refractivity contribution in [1.29, 1.82) is 0 Å². The topological polar surface area (TPSA) is 59.8 Å². The average molecular weight is 276 g/mol. The highest BCUT2D eigenvalue weighted by Crippen LogP contribution is 2.26. The number of nitrogens with one attached hydrogen (secondary N) is 1. The molecule has 5 nitrogen and oxygen atoms in total. The normalized spacial score (nSPS) is 10.8. The van der Waals surface area contributed by atoms with Crippen LogP contribution in [-0.4, -0.2) is 20.7 Å². The van der Waals surface area contributed by atoms with Crippen LogP contribution < -0.4 is 5.32 Å². The van der Waals surface area contributed by atoms with E-state index in [1.807, 2.05) is 0 Å². The molecule has 0 atom stereocenters. The van der Waals surface area contributed by atoms with Crippen molar-refractivity contribution in [3.63, 3.8) is 0 Å². The van der Waals surface area contributed by atoms with E-state index in [1.165, 1.54) is 29.7 Å². The summed E-state index contributed by atoms with van der Waals surface area (Å²) >= 11 is 1.23. The monoisotopic (exact) mass is 276 g/mol. The summed E-state index contributed by atoms with van der Waals surface area (Å²) in [5.41, 5.74) is 1.11. The molecule has 0 fully saturated rings. The molecule has 0 aliphatic carbocycles. The Morgan fingerprint density at radius 2 is 2.32 bits per heavy atom. The fourth-order valence-corrected chi connectivity index (χ4v) is 2.55. The first-order chi connectivity index (χ1) is 9.11. The Hall–Kier alpha value is -2.28. The first-order valence-corrected chi connectivity index (χ1v) is 6.29. The molecule has 7 heteroatoms. The van der Waals surface area contributed by atoms with Gasteiger partial charge in [-0.15, -0.1) is 0 Å². The van der Waals surface area contributed by atoms with Gasteiger partial charge in [0.2, 0.25) is 0 Å². The van der Waals surface area contributed by atoms with Gasteiger partial charge in [0.05, 0.1) is 22.0 Å². The van der Waals surface area contributed by atoms with Crippen molar-refractivity contribution in [2.75, 3.05) is 5.32 Å². The van der Waals surface area contributed by atoms with Gasteiger partial charge in [-0.2, -0.15) is 5.10 Å². The number of hydrogen-bond donors (Lipinski definition) is 1. The van der Waals surface area contributed by atoms with Gasteiger partial charge in [0.15, 0.2) is 5.13 Å². The van der Waals surface area contributed by atoms with Gasteiger partial charge in [-0.1, -0.05) is 11.3 Å². The van der Waals surface area contributed by atoms with E-state index in [2.05, 4.69) is 15.4 Å². The maximum Gasteiger partial charge on any atom is 0.260 e. The molecule has 3 rings (SSSR count). The van der Waals surface area contributed by atoms with Crippen LogP contribution in [0.3, 0.4) is 0 Å². The summed E-state index contributed by atoms with van der Waals surface area (Å²) in [4.78, 5) is 16.1. The minimum Gasteiger partial charge on any atom is -0.298 e. The van der Waals surface area contributed by atoms with Crippen LogP contribution in [-0.2, 0) is 7.05 Å². The molecule has 0 radical (unpaired) electrons. The van der Waals surface area contributed by atoms with Gasteiger partial charge in [-0.25, -0.2) is 9.37 Å². The van der Waals surface area contributed by atoms with Crippen LogP contribution in [0, 0.1) is 5.82 Å². The number of aromatic nitrogens is 3. The molecule has 0 aliphatic heterocycles. The Morgan fingerprint density at radius 1 is 1.47 bits per heavy atom. The first kappa shape index (κ1) is 11.8. The van der Waals surface area contributed by atoms with Gasteiger partial charge in [0.1, 0.15) is 5.82 Å². The van der Waals surface area contributed by atoms with Crippen molar-refractivity contribution < 1.29 is 9.18 Å². The van der Waals surface area contributed by atoms with Crippen LogP contribution in [0.1, 0.15) is 10.4 Å². The second-order valence-electron chi connectivity index (χ2n) is 3.99. The minimum absolute atomic E-state index is 0.285. The number of carbonyl (C=O) groups excluding carboxylic acids is 1. The van der Waals surface area contributed by atoms with Crippen LogP contribution in [0.15, 0.2) is 30.6 Å². The lowest BCUT2D eigenvalue weighted by atomic mass is 10.3. The van der Waals surface area contributed by atoms with Crippen molar-refractivity contribution in [3.05, 3.63) is 42.0 Å². The van der Waals surface area contributed by atoms with Crippen LogP contribution in [0.2, 0.25) is 0 Å². The van der Waals surface area contributed by atoms with E-state index >= 15 is 0 Å². The number of anilines is 1. The van der Waals surface area contributed by atoms with E-state index < -0.39 is 0 Å². The van der Waals surface area contributed by atoms with E-state index in [1.54, 1.807) is 24.0 Å². The summed E-state index contributed by atoms with van der Waals surface area (Å²) in [7, 11) is 1.73. The average Bonchev–Trinajstić information content (AvgIpc) is 2.94. The van der Waals surface area contributed by atoms with Crippen LogP contribution in [0.4, 0.5) is 9.52 Å². The van der Waals surface area contributed by atoms with Gasteiger partial charge >= 0.3 is 0 Å². The molecule has 3 aromatic rings. The molecular weight excluding hydrogens is 267 g/mol. The quantitative estimate of drug-likeness (QED) is 0.782. The minimum atomic E-state index is -0.318. The second kappa shape index (κ2) is 4.43. The molecule has 0 spiro atoms. The van der Waals surface area contributed by atoms with E-state index in [4.69, 9.17) is 0 Å². The Labute approximate surface area is 111 Å². The summed E-state index contributed by atoms with van der Waals surface area (Å²) < 4.78 is 15.3. The number of thiazole rings is 1. The number of amides is 1. The Balaban J connectivity index is 1.87. The highest BCUT2D eigenvalue weighted by atomic mass is 32.1. The Kier molecular flexibility index (Phi) is 2.75. The number of rotatable bonds is 2. The van der Waals surface area contributed by atoms with E-state index in [-0.39, 0.29) is 11.7 Å². The fraction of sp³-hybridized carbons (Fsp3) is 0.0833. The summed E-state index contributed by atoms with van der Waals surface area (Å²) in [5, 5.41) is 7.04. The number of carbonyl (C=O) groups is 1. The van der Waals surface area contributed by atoms with Crippen molar-refractivity contribution >= 4 is 32.6 Å². The van der Waals surface area contributed by atoms with Gasteiger partial charge in [-0.3, -0.25) is 14.8 Å². The molecule has 0 aliphatic rings. The molecule has 0 bridgehead atoms. The predicted molar refractivity (Wildman–Crippen MR) is 70.7 cm³/mol. The Morgan fingerprint density at radius 3 is 3.05 bits per heavy atom. The molecule has 19 heavy (non-hydrogen) atoms. The molecule has 0 unspecified atom stereocenters. The van der Waals surface area contributed by atoms with E-state index in [0.717, 1.165) is 0 Å². The molecule has 0 saturated carbocycles. The first-order valence-electron chi connectivity index (χ1n) is 5.48. The molecule has 1 aromatic carbocycles. The third-order valence-electron chi connectivity index (χ3n) is 2.54. The zero-order valence-electron chi connectivity index (χ0n) is 9.92. The maximum absolute atomic E-state index is 13.1. The van der Waals surface area contributed by atoms with Crippen LogP contribution in [0.25, 0.3) is 10.2 Å². The highest BCUT2D eigenvalue weighted by Gasteiger charge is 2.11. The largest absolute Gasteiger partial charge is 0.298 e. The number of hydrogen-bond acceptors (Lipinski definition) is 4. The van der Waals surface area contributed by atoms with Crippen molar-refractivity contribution in [1.82, 2.24) is 14.8 Å². The van der Waals surface area contributed by atoms with Crippen LogP contribution >= 0.6 is 11.3 Å². The van der Waals surface area contributed by atoms with Crippen molar-refractivity contribution in [2.45, 2.75) is 0 Å². The number of aryl methyl sites for hydroxylation is 1. The SMILES string of the molecule is Cn1cc(C(=O)Nc2nc3ccc(F)cc3s2)cn1. The summed E-state index contributed by atoms with van der Waals surface area (Å²) in [6.07, 6.45) is 3.09. The standard InChI is InChI=1S/C12H9FN4OS/c1-17-6-7(5-14-17)11(18)16-12-15-9-3-2-8(13)4-10(9)19-12/h2-6H,1H3,(H,15,16,18). The number of nitrogens with zero attached hydrogens (tertiary/aromatic N) is 3. The zero-order valence-corrected chi connectivity index (χ0v) is 10.7. The smallest absolute Gasteiger partial charge is 0.260 e. The molecule has 2 heterocycles. The highest BCUT2D eigenvalue weighted by molar-refractivity contribution is 7.22. The van der Waals surface area contributed by atoms with Crippen molar-refractivity contribution in [3.8, 4) is 0 Å². The molecule has 1 N–H and O–H groups in total. The fourth-order valence-electron chi connectivity index (χ4n) is 1.66. The van der Waals surface area contributed by atoms with E-state index in [9.17, 15) is 9.18 Å². The van der Waals surface area contributed by atoms with Gasteiger partial charge in [0, 0.05) is 13.2 Å². The third kappa shape index (κ3) is 2.32. The molecule has 0 saturated heterocycles. The lowest BCUT2D eigenvalue weighted by Gasteiger charge is -1.96. The molecular formula is C12H9FN4OS. The number of benzene rings is 1. The van der Waals surface area contributed by atoms with Crippen LogP contribution in [0.5, 0.6) is 0 Å². The van der Waals surface area contributed by atoms with Gasteiger partial charge in [-0.05, 0) is 18.2 Å². The third-order valence-corrected chi connectivity index (χ3v) is 3.47. The molecule has 96 valence electrons.